The summed E-state index contributed by atoms with van der Waals surface area (Å²) in [5, 5.41) is 10.6. The van der Waals surface area contributed by atoms with E-state index in [0.717, 1.165) is 44.9 Å². The number of allylic oxidation sites excluding steroid dienone is 2. The van der Waals surface area contributed by atoms with Crippen molar-refractivity contribution in [2.75, 3.05) is 19.8 Å². The third kappa shape index (κ3) is 17.8. The van der Waals surface area contributed by atoms with Gasteiger partial charge >= 0.3 is 17.9 Å². The van der Waals surface area contributed by atoms with Crippen LogP contribution >= 0.6 is 0 Å². The van der Waals surface area contributed by atoms with Gasteiger partial charge in [-0.2, -0.15) is 0 Å². The van der Waals surface area contributed by atoms with Crippen molar-refractivity contribution in [3.8, 4) is 24.7 Å². The molecule has 0 unspecified atom stereocenters. The molecule has 47 heavy (non-hydrogen) atoms. The summed E-state index contributed by atoms with van der Waals surface area (Å²) in [6.07, 6.45) is 27.3. The number of carbonyl (C=O) groups excluding carboxylic acids is 3. The van der Waals surface area contributed by atoms with E-state index in [1.54, 1.807) is 6.92 Å². The molecule has 0 heterocycles. The van der Waals surface area contributed by atoms with E-state index in [-0.39, 0.29) is 51.2 Å². The molecule has 0 spiro atoms. The molecule has 1 aromatic carbocycles. The van der Waals surface area contributed by atoms with Gasteiger partial charge in [-0.15, -0.1) is 24.7 Å². The average molecular weight is 649 g/mol. The molecule has 1 aromatic rings. The first-order valence-electron chi connectivity index (χ1n) is 17.5. The normalized spacial score (nSPS) is 17.6. The predicted octanol–water partition coefficient (Wildman–Crippen LogP) is 7.54. The van der Waals surface area contributed by atoms with E-state index in [2.05, 4.69) is 54.3 Å². The molecule has 1 saturated carbocycles. The molecule has 7 heteroatoms. The van der Waals surface area contributed by atoms with Gasteiger partial charge in [-0.3, -0.25) is 14.4 Å². The number of aryl methyl sites for hydroxylation is 1. The van der Waals surface area contributed by atoms with Crippen molar-refractivity contribution >= 4 is 17.9 Å². The average Bonchev–Trinajstić information content (AvgIpc) is 3.42. The minimum atomic E-state index is -0.886. The van der Waals surface area contributed by atoms with E-state index >= 15 is 0 Å². The fourth-order valence-electron chi connectivity index (χ4n) is 5.91. The largest absolute Gasteiger partial charge is 0.465 e. The summed E-state index contributed by atoms with van der Waals surface area (Å²) in [7, 11) is 0. The minimum Gasteiger partial charge on any atom is -0.465 e. The first-order valence-corrected chi connectivity index (χ1v) is 17.5. The molecule has 1 fully saturated rings. The van der Waals surface area contributed by atoms with Gasteiger partial charge in [0.15, 0.2) is 0 Å². The van der Waals surface area contributed by atoms with E-state index in [9.17, 15) is 19.5 Å². The number of hydrogen-bond donors (Lipinski definition) is 1. The lowest BCUT2D eigenvalue weighted by Gasteiger charge is -2.28. The molecule has 7 nitrogen and oxygen atoms in total. The Balaban J connectivity index is 1.69. The molecule has 0 bridgehead atoms. The summed E-state index contributed by atoms with van der Waals surface area (Å²) in [6.45, 7) is 1.60. The first-order chi connectivity index (χ1) is 22.8. The molecule has 3 atom stereocenters. The van der Waals surface area contributed by atoms with E-state index in [4.69, 9.17) is 27.1 Å². The van der Waals surface area contributed by atoms with Crippen molar-refractivity contribution in [3.05, 3.63) is 48.0 Å². The molecule has 0 amide bonds. The number of esters is 3. The third-order valence-electron chi connectivity index (χ3n) is 8.78. The number of ether oxygens (including phenoxy) is 3. The molecular formula is C40H56O7. The number of hydrogen-bond acceptors (Lipinski definition) is 7. The van der Waals surface area contributed by atoms with Crippen LogP contribution in [0, 0.1) is 41.9 Å². The summed E-state index contributed by atoms with van der Waals surface area (Å²) < 4.78 is 16.3. The molecule has 0 aromatic heterocycles. The number of aliphatic hydroxyl groups is 1. The van der Waals surface area contributed by atoms with Crippen molar-refractivity contribution < 1.29 is 33.7 Å². The molecule has 1 N–H and O–H groups in total. The van der Waals surface area contributed by atoms with Gasteiger partial charge in [-0.1, -0.05) is 55.3 Å². The van der Waals surface area contributed by atoms with Gasteiger partial charge < -0.3 is 19.3 Å². The Kier molecular flexibility index (Phi) is 20.0. The zero-order chi connectivity index (χ0) is 34.2. The van der Waals surface area contributed by atoms with Gasteiger partial charge in [0.25, 0.3) is 0 Å². The van der Waals surface area contributed by atoms with Crippen LogP contribution in [0.5, 0.6) is 0 Å². The van der Waals surface area contributed by atoms with Gasteiger partial charge in [0.05, 0.1) is 11.5 Å². The standard InChI is InChI=1S/C40H56O7/c1-4-6-12-25-37(42)45-30-40(3,31-46-38(43)26-13-7-5-2)32-47-39(44)27-19-9-8-17-23-34-28-29-36(41)35(34)24-18-11-16-22-33-20-14-10-15-21-33/h1-2,8,10,14-15,17,20-21,34-36,41H,6-7,9,11-13,16,18-19,22-32H2,3H3/b17-8-/t34-,35+,36+/m0/s1. The lowest BCUT2D eigenvalue weighted by molar-refractivity contribution is -0.160. The van der Waals surface area contributed by atoms with Crippen molar-refractivity contribution in [2.24, 2.45) is 17.3 Å². The molecule has 0 radical (unpaired) electrons. The van der Waals surface area contributed by atoms with E-state index in [1.165, 1.54) is 18.4 Å². The van der Waals surface area contributed by atoms with Gasteiger partial charge in [0.1, 0.15) is 19.8 Å². The van der Waals surface area contributed by atoms with Gasteiger partial charge in [0.2, 0.25) is 0 Å². The Morgan fingerprint density at radius 3 is 1.96 bits per heavy atom. The summed E-state index contributed by atoms with van der Waals surface area (Å²) in [4.78, 5) is 36.8. The highest BCUT2D eigenvalue weighted by Gasteiger charge is 2.33. The highest BCUT2D eigenvalue weighted by atomic mass is 16.6. The fraction of sp³-hybridized carbons (Fsp3) is 0.625. The second-order valence-corrected chi connectivity index (χ2v) is 13.2. The van der Waals surface area contributed by atoms with Crippen LogP contribution in [-0.4, -0.2) is 48.9 Å². The lowest BCUT2D eigenvalue weighted by atomic mass is 9.87. The Bertz CT molecular complexity index is 1120. The maximum absolute atomic E-state index is 12.5. The van der Waals surface area contributed by atoms with Crippen molar-refractivity contribution in [2.45, 2.75) is 122 Å². The van der Waals surface area contributed by atoms with Crippen LogP contribution in [0.1, 0.15) is 115 Å². The number of unbranched alkanes of at least 4 members (excludes halogenated alkanes) is 5. The van der Waals surface area contributed by atoms with E-state index in [0.29, 0.717) is 43.9 Å². The Hall–Kier alpha value is -3.55. The van der Waals surface area contributed by atoms with Crippen LogP contribution in [0.25, 0.3) is 0 Å². The first kappa shape index (κ1) is 39.6. The van der Waals surface area contributed by atoms with E-state index in [1.807, 2.05) is 0 Å². The number of carbonyl (C=O) groups is 3. The van der Waals surface area contributed by atoms with Gasteiger partial charge in [0, 0.05) is 32.1 Å². The third-order valence-corrected chi connectivity index (χ3v) is 8.78. The minimum absolute atomic E-state index is 0.0470. The Morgan fingerprint density at radius 2 is 1.38 bits per heavy atom. The van der Waals surface area contributed by atoms with Crippen LogP contribution in [0.2, 0.25) is 0 Å². The summed E-state index contributed by atoms with van der Waals surface area (Å²) in [6, 6.07) is 10.6. The molecule has 1 aliphatic carbocycles. The van der Waals surface area contributed by atoms with Crippen LogP contribution in [0.15, 0.2) is 42.5 Å². The van der Waals surface area contributed by atoms with Crippen LogP contribution in [0.3, 0.4) is 0 Å². The van der Waals surface area contributed by atoms with Gasteiger partial charge in [-0.25, -0.2) is 0 Å². The fourth-order valence-corrected chi connectivity index (χ4v) is 5.91. The number of rotatable bonds is 24. The van der Waals surface area contributed by atoms with Crippen molar-refractivity contribution in [1.82, 2.24) is 0 Å². The van der Waals surface area contributed by atoms with E-state index < -0.39 is 17.4 Å². The summed E-state index contributed by atoms with van der Waals surface area (Å²) >= 11 is 0. The second kappa shape index (κ2) is 23.7. The quantitative estimate of drug-likeness (QED) is 0.0407. The van der Waals surface area contributed by atoms with Gasteiger partial charge in [-0.05, 0) is 88.5 Å². The number of benzene rings is 1. The molecule has 1 aliphatic rings. The summed E-state index contributed by atoms with van der Waals surface area (Å²) in [5.74, 6) is 4.71. The zero-order valence-corrected chi connectivity index (χ0v) is 28.5. The molecule has 258 valence electrons. The van der Waals surface area contributed by atoms with Crippen molar-refractivity contribution in [3.63, 3.8) is 0 Å². The highest BCUT2D eigenvalue weighted by molar-refractivity contribution is 5.70. The smallest absolute Gasteiger partial charge is 0.305 e. The predicted molar refractivity (Wildman–Crippen MR) is 185 cm³/mol. The topological polar surface area (TPSA) is 99.1 Å². The van der Waals surface area contributed by atoms with Crippen LogP contribution in [0.4, 0.5) is 0 Å². The van der Waals surface area contributed by atoms with Crippen LogP contribution in [-0.2, 0) is 35.0 Å². The highest BCUT2D eigenvalue weighted by Crippen LogP contribution is 2.38. The zero-order valence-electron chi connectivity index (χ0n) is 28.5. The lowest BCUT2D eigenvalue weighted by Crippen LogP contribution is -2.37. The number of terminal acetylenes is 2. The number of aliphatic hydroxyl groups excluding tert-OH is 1. The van der Waals surface area contributed by atoms with Crippen LogP contribution < -0.4 is 0 Å². The Morgan fingerprint density at radius 1 is 0.809 bits per heavy atom. The second-order valence-electron chi connectivity index (χ2n) is 13.2. The molecule has 0 aliphatic heterocycles. The Labute approximate surface area is 283 Å². The molecule has 2 rings (SSSR count). The maximum atomic E-state index is 12.5. The molecular weight excluding hydrogens is 592 g/mol. The monoisotopic (exact) mass is 648 g/mol. The SMILES string of the molecule is C#CCCCC(=O)OCC(C)(COC(=O)CCCC#C)COC(=O)CCC/C=C\C[C@H]1CC[C@@H](O)[C@@H]1CCCCCc1ccccc1. The van der Waals surface area contributed by atoms with Crippen molar-refractivity contribution in [1.29, 1.82) is 0 Å². The maximum Gasteiger partial charge on any atom is 0.305 e. The summed E-state index contributed by atoms with van der Waals surface area (Å²) in [5.41, 5.74) is 0.503. The molecule has 0 saturated heterocycles.